The Kier molecular flexibility index (Phi) is 4.28. The van der Waals surface area contributed by atoms with Crippen LogP contribution in [0.2, 0.25) is 0 Å². The SMILES string of the molecule is COc1ccc(CNC(=O)Cc2noc3ccc(C)cc23)cc1. The van der Waals surface area contributed by atoms with Gasteiger partial charge in [0.15, 0.2) is 5.58 Å². The van der Waals surface area contributed by atoms with E-state index >= 15 is 0 Å². The molecule has 0 aliphatic carbocycles. The van der Waals surface area contributed by atoms with E-state index in [-0.39, 0.29) is 12.3 Å². The molecule has 0 saturated heterocycles. The van der Waals surface area contributed by atoms with E-state index in [0.29, 0.717) is 17.8 Å². The first-order valence-corrected chi connectivity index (χ1v) is 7.40. The standard InChI is InChI=1S/C18H18N2O3/c1-12-3-8-17-15(9-12)16(20-23-17)10-18(21)19-11-13-4-6-14(22-2)7-5-13/h3-9H,10-11H2,1-2H3,(H,19,21). The normalized spacial score (nSPS) is 10.7. The topological polar surface area (TPSA) is 64.4 Å². The Morgan fingerprint density at radius 1 is 1.22 bits per heavy atom. The largest absolute Gasteiger partial charge is 0.497 e. The van der Waals surface area contributed by atoms with Gasteiger partial charge in [0.1, 0.15) is 11.4 Å². The first-order chi connectivity index (χ1) is 11.2. The van der Waals surface area contributed by atoms with Gasteiger partial charge in [-0.05, 0) is 36.8 Å². The molecule has 0 aliphatic heterocycles. The van der Waals surface area contributed by atoms with E-state index in [4.69, 9.17) is 9.26 Å². The summed E-state index contributed by atoms with van der Waals surface area (Å²) in [6, 6.07) is 13.4. The van der Waals surface area contributed by atoms with Crippen molar-refractivity contribution in [3.05, 3.63) is 59.3 Å². The summed E-state index contributed by atoms with van der Waals surface area (Å²) in [5.41, 5.74) is 3.49. The fourth-order valence-corrected chi connectivity index (χ4v) is 2.39. The highest BCUT2D eigenvalue weighted by Gasteiger charge is 2.12. The Labute approximate surface area is 134 Å². The zero-order chi connectivity index (χ0) is 16.2. The van der Waals surface area contributed by atoms with Crippen molar-refractivity contribution >= 4 is 16.9 Å². The third-order valence-electron chi connectivity index (χ3n) is 3.68. The van der Waals surface area contributed by atoms with Gasteiger partial charge in [0.25, 0.3) is 0 Å². The second kappa shape index (κ2) is 6.52. The summed E-state index contributed by atoms with van der Waals surface area (Å²) in [6.07, 6.45) is 0.201. The minimum absolute atomic E-state index is 0.0856. The Morgan fingerprint density at radius 3 is 2.74 bits per heavy atom. The van der Waals surface area contributed by atoms with Gasteiger partial charge in [0.05, 0.1) is 13.5 Å². The van der Waals surface area contributed by atoms with Crippen molar-refractivity contribution in [2.24, 2.45) is 0 Å². The highest BCUT2D eigenvalue weighted by molar-refractivity contribution is 5.86. The van der Waals surface area contributed by atoms with Crippen LogP contribution in [0.1, 0.15) is 16.8 Å². The molecule has 0 aliphatic rings. The van der Waals surface area contributed by atoms with Crippen LogP contribution in [-0.2, 0) is 17.8 Å². The zero-order valence-corrected chi connectivity index (χ0v) is 13.1. The lowest BCUT2D eigenvalue weighted by molar-refractivity contribution is -0.120. The van der Waals surface area contributed by atoms with Gasteiger partial charge >= 0.3 is 0 Å². The van der Waals surface area contributed by atoms with Crippen molar-refractivity contribution in [2.45, 2.75) is 19.9 Å². The molecule has 0 fully saturated rings. The van der Waals surface area contributed by atoms with Crippen molar-refractivity contribution in [1.29, 1.82) is 0 Å². The average molecular weight is 310 g/mol. The molecule has 0 radical (unpaired) electrons. The summed E-state index contributed by atoms with van der Waals surface area (Å²) in [7, 11) is 1.63. The monoisotopic (exact) mass is 310 g/mol. The molecule has 0 saturated carbocycles. The highest BCUT2D eigenvalue weighted by Crippen LogP contribution is 2.20. The minimum atomic E-state index is -0.0856. The molecule has 0 bridgehead atoms. The first-order valence-electron chi connectivity index (χ1n) is 7.40. The van der Waals surface area contributed by atoms with Crippen molar-refractivity contribution in [1.82, 2.24) is 10.5 Å². The van der Waals surface area contributed by atoms with Crippen molar-refractivity contribution in [3.8, 4) is 5.75 Å². The van der Waals surface area contributed by atoms with Crippen molar-refractivity contribution < 1.29 is 14.1 Å². The number of carbonyl (C=O) groups is 1. The summed E-state index contributed by atoms with van der Waals surface area (Å²) in [4.78, 5) is 12.1. The van der Waals surface area contributed by atoms with Crippen LogP contribution in [0.5, 0.6) is 5.75 Å². The van der Waals surface area contributed by atoms with Crippen LogP contribution in [0.15, 0.2) is 47.0 Å². The van der Waals surface area contributed by atoms with Gasteiger partial charge in [-0.2, -0.15) is 0 Å². The van der Waals surface area contributed by atoms with E-state index in [2.05, 4.69) is 10.5 Å². The van der Waals surface area contributed by atoms with Gasteiger partial charge in [-0.15, -0.1) is 0 Å². The maximum Gasteiger partial charge on any atom is 0.226 e. The lowest BCUT2D eigenvalue weighted by Crippen LogP contribution is -2.24. The molecule has 0 unspecified atom stereocenters. The predicted octanol–water partition coefficient (Wildman–Crippen LogP) is 3.00. The van der Waals surface area contributed by atoms with Gasteiger partial charge in [-0.3, -0.25) is 4.79 Å². The molecule has 0 atom stereocenters. The number of amides is 1. The molecule has 3 rings (SSSR count). The summed E-state index contributed by atoms with van der Waals surface area (Å²) in [5, 5.41) is 7.79. The van der Waals surface area contributed by atoms with Crippen LogP contribution < -0.4 is 10.1 Å². The number of nitrogens with zero attached hydrogens (tertiary/aromatic N) is 1. The molecular weight excluding hydrogens is 292 g/mol. The third-order valence-corrected chi connectivity index (χ3v) is 3.68. The molecule has 0 spiro atoms. The second-order valence-electron chi connectivity index (χ2n) is 5.43. The maximum atomic E-state index is 12.1. The third kappa shape index (κ3) is 3.51. The van der Waals surface area contributed by atoms with E-state index in [1.54, 1.807) is 7.11 Å². The first kappa shape index (κ1) is 15.1. The Morgan fingerprint density at radius 2 is 2.00 bits per heavy atom. The second-order valence-corrected chi connectivity index (χ2v) is 5.43. The lowest BCUT2D eigenvalue weighted by atomic mass is 10.1. The lowest BCUT2D eigenvalue weighted by Gasteiger charge is -2.05. The predicted molar refractivity (Wildman–Crippen MR) is 87.3 cm³/mol. The summed E-state index contributed by atoms with van der Waals surface area (Å²) in [5.74, 6) is 0.710. The molecule has 2 aromatic carbocycles. The number of nitrogens with one attached hydrogen (secondary N) is 1. The molecule has 1 N–H and O–H groups in total. The maximum absolute atomic E-state index is 12.1. The number of aryl methyl sites for hydroxylation is 1. The molecule has 118 valence electrons. The van der Waals surface area contributed by atoms with E-state index in [0.717, 1.165) is 22.3 Å². The van der Waals surface area contributed by atoms with Gasteiger partial charge in [-0.25, -0.2) is 0 Å². The van der Waals surface area contributed by atoms with Crippen LogP contribution >= 0.6 is 0 Å². The van der Waals surface area contributed by atoms with Gasteiger partial charge in [0.2, 0.25) is 5.91 Å². The van der Waals surface area contributed by atoms with Crippen LogP contribution in [0.4, 0.5) is 0 Å². The summed E-state index contributed by atoms with van der Waals surface area (Å²) < 4.78 is 10.4. The van der Waals surface area contributed by atoms with Crippen LogP contribution in [0.3, 0.4) is 0 Å². The van der Waals surface area contributed by atoms with Gasteiger partial charge in [-0.1, -0.05) is 28.9 Å². The Bertz CT molecular complexity index is 822. The summed E-state index contributed by atoms with van der Waals surface area (Å²) >= 11 is 0. The Hall–Kier alpha value is -2.82. The minimum Gasteiger partial charge on any atom is -0.497 e. The van der Waals surface area contributed by atoms with Crippen molar-refractivity contribution in [3.63, 3.8) is 0 Å². The molecule has 5 nitrogen and oxygen atoms in total. The van der Waals surface area contributed by atoms with E-state index in [1.807, 2.05) is 49.4 Å². The Balaban J connectivity index is 1.63. The number of fused-ring (bicyclic) bond motifs is 1. The number of hydrogen-bond acceptors (Lipinski definition) is 4. The van der Waals surface area contributed by atoms with E-state index < -0.39 is 0 Å². The average Bonchev–Trinajstić information content (AvgIpc) is 2.95. The van der Waals surface area contributed by atoms with Gasteiger partial charge < -0.3 is 14.6 Å². The molecule has 1 amide bonds. The molecule has 1 aromatic heterocycles. The molecular formula is C18H18N2O3. The number of benzene rings is 2. The molecule has 5 heteroatoms. The van der Waals surface area contributed by atoms with Crippen LogP contribution in [-0.4, -0.2) is 18.2 Å². The number of ether oxygens (including phenoxy) is 1. The number of methoxy groups -OCH3 is 1. The number of rotatable bonds is 5. The number of carbonyl (C=O) groups excluding carboxylic acids is 1. The smallest absolute Gasteiger partial charge is 0.226 e. The molecule has 1 heterocycles. The molecule has 23 heavy (non-hydrogen) atoms. The fraction of sp³-hybridized carbons (Fsp3) is 0.222. The highest BCUT2D eigenvalue weighted by atomic mass is 16.5. The van der Waals surface area contributed by atoms with Crippen LogP contribution in [0, 0.1) is 6.92 Å². The fourth-order valence-electron chi connectivity index (χ4n) is 2.39. The van der Waals surface area contributed by atoms with Gasteiger partial charge in [0, 0.05) is 11.9 Å². The number of hydrogen-bond donors (Lipinski definition) is 1. The van der Waals surface area contributed by atoms with Crippen molar-refractivity contribution in [2.75, 3.05) is 7.11 Å². The van der Waals surface area contributed by atoms with E-state index in [9.17, 15) is 4.79 Å². The quantitative estimate of drug-likeness (QED) is 0.787. The molecule has 3 aromatic rings. The van der Waals surface area contributed by atoms with E-state index in [1.165, 1.54) is 0 Å². The zero-order valence-electron chi connectivity index (χ0n) is 13.1. The van der Waals surface area contributed by atoms with Crippen LogP contribution in [0.25, 0.3) is 11.0 Å². The number of aromatic nitrogens is 1. The summed E-state index contributed by atoms with van der Waals surface area (Å²) in [6.45, 7) is 2.47.